The minimum absolute atomic E-state index is 0. The maximum Gasteiger partial charge on any atom is 0.391 e. The number of nitrogens with zero attached hydrogens (tertiary/aromatic N) is 9. The molecular formula is C76H80Cl2N14O17S3. The maximum absolute atomic E-state index is 12.7. The smallest absolute Gasteiger partial charge is 0.391 e. The summed E-state index contributed by atoms with van der Waals surface area (Å²) in [6.45, 7) is 5.57. The van der Waals surface area contributed by atoms with E-state index >= 15 is 0 Å². The molecule has 0 bridgehead atoms. The van der Waals surface area contributed by atoms with Crippen LogP contribution in [-0.4, -0.2) is 171 Å². The molecule has 8 N–H and O–H groups in total. The fourth-order valence-electron chi connectivity index (χ4n) is 9.19. The number of nitrogens with one attached hydrogen (secondary N) is 3. The first-order valence-electron chi connectivity index (χ1n) is 33.8. The van der Waals surface area contributed by atoms with Crippen molar-refractivity contribution in [3.8, 4) is 11.5 Å². The number of carboxylic acid groups (broad SMARTS) is 1. The highest BCUT2D eigenvalue weighted by molar-refractivity contribution is 7.13. The molecule has 0 fully saturated rings. The molecule has 5 amide bonds. The summed E-state index contributed by atoms with van der Waals surface area (Å²) in [6, 6.07) is 57.5. The molecule has 112 heavy (non-hydrogen) atoms. The first kappa shape index (κ1) is 90.4. The monoisotopic (exact) mass is 1630 g/mol. The molecule has 10 aromatic rings. The lowest BCUT2D eigenvalue weighted by molar-refractivity contribution is -0.153. The van der Waals surface area contributed by atoms with Crippen LogP contribution in [0, 0.1) is 0 Å². The highest BCUT2D eigenvalue weighted by Crippen LogP contribution is 2.31. The Balaban J connectivity index is 0.000000241. The number of hydrogen-bond donors (Lipinski definition) is 6. The van der Waals surface area contributed by atoms with Crippen LogP contribution < -0.4 is 46.9 Å². The Kier molecular flexibility index (Phi) is 39.6. The van der Waals surface area contributed by atoms with Crippen molar-refractivity contribution in [3.05, 3.63) is 252 Å². The number of carboxylic acids is 1. The Morgan fingerprint density at radius 3 is 1.43 bits per heavy atom. The Hall–Kier alpha value is -12.2. The second-order valence-electron chi connectivity index (χ2n) is 22.7. The minimum Gasteiger partial charge on any atom is -0.489 e. The van der Waals surface area contributed by atoms with Gasteiger partial charge < -0.3 is 50.1 Å². The molecular weight excluding hydrogens is 1550 g/mol. The van der Waals surface area contributed by atoms with E-state index in [1.54, 1.807) is 65.3 Å². The van der Waals surface area contributed by atoms with Crippen molar-refractivity contribution in [3.63, 3.8) is 0 Å². The number of fused-ring (bicyclic) bond motifs is 2. The highest BCUT2D eigenvalue weighted by atomic mass is 35.5. The highest BCUT2D eigenvalue weighted by Gasteiger charge is 2.32. The number of halogens is 2. The maximum atomic E-state index is 12.7. The number of esters is 3. The van der Waals surface area contributed by atoms with Crippen LogP contribution in [0.1, 0.15) is 93.0 Å². The number of anilines is 2. The zero-order valence-corrected chi connectivity index (χ0v) is 65.1. The summed E-state index contributed by atoms with van der Waals surface area (Å²) in [5, 5.41) is 38.8. The average molecular weight is 1630 g/mol. The van der Waals surface area contributed by atoms with Gasteiger partial charge in [-0.1, -0.05) is 198 Å². The number of rotatable bonds is 21. The van der Waals surface area contributed by atoms with Gasteiger partial charge in [-0.3, -0.25) is 43.9 Å². The zero-order chi connectivity index (χ0) is 80.5. The Labute approximate surface area is 666 Å². The van der Waals surface area contributed by atoms with Crippen molar-refractivity contribution in [1.29, 1.82) is 0 Å². The van der Waals surface area contributed by atoms with E-state index in [9.17, 15) is 52.7 Å². The molecule has 0 saturated carbocycles. The summed E-state index contributed by atoms with van der Waals surface area (Å²) in [6.07, 6.45) is 4.07. The van der Waals surface area contributed by atoms with Crippen LogP contribution in [0.4, 0.5) is 11.5 Å². The topological polar surface area (TPSA) is 439 Å². The number of para-hydroxylation sites is 2. The van der Waals surface area contributed by atoms with Crippen molar-refractivity contribution >= 4 is 134 Å². The number of benzene rings is 6. The van der Waals surface area contributed by atoms with E-state index in [1.807, 2.05) is 164 Å². The van der Waals surface area contributed by atoms with Crippen LogP contribution in [0.25, 0.3) is 0 Å². The number of carbonyl (C=O) groups is 11. The minimum atomic E-state index is -1.08. The van der Waals surface area contributed by atoms with Crippen LogP contribution in [0.15, 0.2) is 194 Å². The van der Waals surface area contributed by atoms with Crippen LogP contribution in [0.5, 0.6) is 11.5 Å². The molecule has 0 unspecified atom stereocenters. The molecule has 2 aliphatic heterocycles. The second-order valence-corrected chi connectivity index (χ2v) is 26.2. The van der Waals surface area contributed by atoms with Gasteiger partial charge in [0.15, 0.2) is 11.6 Å². The van der Waals surface area contributed by atoms with Crippen LogP contribution in [-0.2, 0) is 84.7 Å². The molecule has 4 aromatic heterocycles. The molecule has 2 atom stereocenters. The van der Waals surface area contributed by atoms with Gasteiger partial charge in [0, 0.05) is 39.6 Å². The number of ketones is 1. The number of amides is 5. The fourth-order valence-corrected chi connectivity index (χ4v) is 11.5. The van der Waals surface area contributed by atoms with E-state index in [0.717, 1.165) is 54.2 Å². The number of hydrazine groups is 1. The molecule has 0 saturated heterocycles. The number of aromatic carboxylic acids is 1. The number of hydrogen-bond acceptors (Lipinski definition) is 28. The quantitative estimate of drug-likeness (QED) is 0.00766. The molecule has 6 heterocycles. The summed E-state index contributed by atoms with van der Waals surface area (Å²) in [5.74, 6) is 1.23. The molecule has 6 aromatic carbocycles. The lowest BCUT2D eigenvalue weighted by Crippen LogP contribution is -2.49. The van der Waals surface area contributed by atoms with Gasteiger partial charge in [0.1, 0.15) is 46.1 Å². The van der Waals surface area contributed by atoms with Crippen LogP contribution in [0.3, 0.4) is 0 Å². The van der Waals surface area contributed by atoms with Crippen LogP contribution in [0.2, 0.25) is 0 Å². The molecule has 2 aliphatic rings. The molecule has 0 aliphatic carbocycles. The standard InChI is InChI=1S/C20H18N4O3S.C13H15NO4.C12H12N2O2S.C10H8N2O2S.C9H11N3O2.C8H10N2O.C4H5ClO3.ClH/c1-24-15-9-5-6-10-16(15)27-12-14(20(24)26)21-18(25)19-23-22-17(28-19)11-13-7-3-2-4-8-13;1-2-18-13(17)11(15)9-14-12(16)8-10-6-4-3-5-7-10;1-2-16-12(15)11-14-13-10(17-11)8-9-6-4-3-5-7-9;13-10(14)9-12-11-8(15-9)6-7-4-2-1-3-5-7;1-12-8-7(3-2-4-11-8)14-5-6(10)9(12)13;9-10-8(11)6-7-4-2-1-3-5-7;1-2-8-4(7)3(5)6;/h2-10,14H,11-12H2,1H3,(H,21,25);3-7H,2,8-9H2,1H3,(H,14,16);3-7H,2,8H2,1H3;1-5H,6H2,(H,13,14);2-4,6H,5,10H2,1H3;1-5H,6,9H2,(H,10,11);2H2,1H3;1H/t14-;;;;6-;;;/m0...0.../s1. The van der Waals surface area contributed by atoms with E-state index in [-0.39, 0.29) is 85.4 Å². The normalized spacial score (nSPS) is 12.6. The molecule has 36 heteroatoms. The van der Waals surface area contributed by atoms with Gasteiger partial charge in [0.05, 0.1) is 44.9 Å². The second kappa shape index (κ2) is 49.1. The van der Waals surface area contributed by atoms with Crippen molar-refractivity contribution in [2.24, 2.45) is 11.6 Å². The third-order valence-corrected chi connectivity index (χ3v) is 17.4. The van der Waals surface area contributed by atoms with E-state index < -0.39 is 52.9 Å². The summed E-state index contributed by atoms with van der Waals surface area (Å²) >= 11 is 8.31. The van der Waals surface area contributed by atoms with Crippen molar-refractivity contribution in [2.75, 3.05) is 63.5 Å². The number of carbonyl (C=O) groups excluding carboxylic acids is 10. The molecule has 31 nitrogen and oxygen atoms in total. The Morgan fingerprint density at radius 2 is 0.955 bits per heavy atom. The fraction of sp³-hybridized carbons (Fsp3) is 0.237. The number of ether oxygens (including phenoxy) is 5. The number of aromatic nitrogens is 7. The zero-order valence-electron chi connectivity index (χ0n) is 61.1. The lowest BCUT2D eigenvalue weighted by atomic mass is 10.1. The number of Topliss-reactive ketones (excluding diaryl/α,β-unsaturated/α-hetero) is 1. The number of likely N-dealkylation sites (N-methyl/N-ethyl adjacent to an activating group) is 2. The largest absolute Gasteiger partial charge is 0.489 e. The molecule has 588 valence electrons. The van der Waals surface area contributed by atoms with Gasteiger partial charge in [-0.15, -0.1) is 43.0 Å². The predicted molar refractivity (Wildman–Crippen MR) is 420 cm³/mol. The van der Waals surface area contributed by atoms with E-state index in [1.165, 1.54) is 32.5 Å². The molecule has 0 radical (unpaired) electrons. The first-order valence-corrected chi connectivity index (χ1v) is 36.6. The summed E-state index contributed by atoms with van der Waals surface area (Å²) in [4.78, 5) is 130. The Morgan fingerprint density at radius 1 is 0.527 bits per heavy atom. The summed E-state index contributed by atoms with van der Waals surface area (Å²) in [5.41, 5.74) is 13.5. The van der Waals surface area contributed by atoms with Crippen molar-refractivity contribution in [2.45, 2.75) is 65.0 Å². The third kappa shape index (κ3) is 31.4. The first-order chi connectivity index (χ1) is 53.5. The van der Waals surface area contributed by atoms with Gasteiger partial charge in [0.2, 0.25) is 32.7 Å². The summed E-state index contributed by atoms with van der Waals surface area (Å²) < 4.78 is 24.6. The summed E-state index contributed by atoms with van der Waals surface area (Å²) in [7, 11) is 3.31. The lowest BCUT2D eigenvalue weighted by Gasteiger charge is -2.19. The van der Waals surface area contributed by atoms with Crippen molar-refractivity contribution in [1.82, 2.24) is 51.6 Å². The average Bonchev–Trinajstić information content (AvgIpc) is 1.68. The third-order valence-electron chi connectivity index (χ3n) is 14.5. The van der Waals surface area contributed by atoms with Gasteiger partial charge in [-0.2, -0.15) is 0 Å². The van der Waals surface area contributed by atoms with Crippen LogP contribution >= 0.6 is 58.0 Å². The number of pyridine rings is 1. The SMILES string of the molecule is CCOC(=O)C(=O)CNC(=O)Cc1ccccc1.CCOC(=O)C(=O)Cl.CCOC(=O)c1nnc(Cc2ccccc2)s1.CN1C(=O)[C@@H](N)COc2cccnc21.CN1C(=O)[C@@H](NC(=O)c2nnc(Cc3ccccc3)s2)COc2ccccc21.Cl.NNC(=O)Cc1ccccc1.O=C(O)c1nnc(Cc2ccccc2)s1. The van der Waals surface area contributed by atoms with E-state index in [2.05, 4.69) is 61.1 Å². The van der Waals surface area contributed by atoms with Gasteiger partial charge in [-0.05, 0) is 84.5 Å². The van der Waals surface area contributed by atoms with E-state index in [0.29, 0.717) is 60.3 Å². The van der Waals surface area contributed by atoms with Gasteiger partial charge in [-0.25, -0.2) is 30.0 Å². The van der Waals surface area contributed by atoms with Crippen molar-refractivity contribution < 1.29 is 81.5 Å². The molecule has 0 spiro atoms. The molecule has 12 rings (SSSR count). The van der Waals surface area contributed by atoms with E-state index in [4.69, 9.17) is 42.5 Å². The van der Waals surface area contributed by atoms with Gasteiger partial charge in [0.25, 0.3) is 17.6 Å². The predicted octanol–water partition coefficient (Wildman–Crippen LogP) is 7.61. The number of nitrogens with two attached hydrogens (primary N) is 2. The Bertz CT molecular complexity index is 4670. The van der Waals surface area contributed by atoms with Gasteiger partial charge >= 0.3 is 29.1 Å².